The standard InChI is InChI=1S/C12H13Cl2NO3S/c1-6(19(2,17)18)12(14)8-3-7-4-11(16)15-10(7)5-9(8)13/h3,5-6,12H,4H2,1-2H3,(H,15,16). The Morgan fingerprint density at radius 1 is 1.37 bits per heavy atom. The van der Waals surface area contributed by atoms with Crippen LogP contribution in [0.5, 0.6) is 0 Å². The van der Waals surface area contributed by atoms with Crippen molar-refractivity contribution in [2.24, 2.45) is 0 Å². The summed E-state index contributed by atoms with van der Waals surface area (Å²) in [4.78, 5) is 11.3. The minimum absolute atomic E-state index is 0.106. The lowest BCUT2D eigenvalue weighted by atomic mass is 10.0. The molecule has 0 spiro atoms. The molecule has 19 heavy (non-hydrogen) atoms. The molecule has 2 rings (SSSR count). The van der Waals surface area contributed by atoms with Gasteiger partial charge in [0.1, 0.15) is 0 Å². The topological polar surface area (TPSA) is 63.2 Å². The first-order chi connectivity index (χ1) is 8.70. The van der Waals surface area contributed by atoms with Crippen molar-refractivity contribution in [2.75, 3.05) is 11.6 Å². The van der Waals surface area contributed by atoms with Crippen LogP contribution < -0.4 is 5.32 Å². The normalized spacial score (nSPS) is 17.8. The second-order valence-corrected chi connectivity index (χ2v) is 7.97. The van der Waals surface area contributed by atoms with Crippen molar-refractivity contribution in [1.29, 1.82) is 0 Å². The number of hydrogen-bond acceptors (Lipinski definition) is 3. The van der Waals surface area contributed by atoms with Crippen LogP contribution in [0, 0.1) is 0 Å². The molecule has 2 unspecified atom stereocenters. The molecule has 0 radical (unpaired) electrons. The molecule has 7 heteroatoms. The SMILES string of the molecule is CC(C(Cl)c1cc2c(cc1Cl)NC(=O)C2)S(C)(=O)=O. The predicted octanol–water partition coefficient (Wildman–Crippen LogP) is 2.55. The summed E-state index contributed by atoms with van der Waals surface area (Å²) in [6.07, 6.45) is 1.40. The molecule has 0 saturated carbocycles. The van der Waals surface area contributed by atoms with Gasteiger partial charge in [0.2, 0.25) is 5.91 Å². The van der Waals surface area contributed by atoms with E-state index in [1.165, 1.54) is 0 Å². The third-order valence-electron chi connectivity index (χ3n) is 3.23. The highest BCUT2D eigenvalue weighted by atomic mass is 35.5. The fourth-order valence-corrected chi connectivity index (χ4v) is 3.61. The maximum absolute atomic E-state index is 11.5. The van der Waals surface area contributed by atoms with Crippen molar-refractivity contribution < 1.29 is 13.2 Å². The summed E-state index contributed by atoms with van der Waals surface area (Å²) in [5.74, 6) is -0.106. The van der Waals surface area contributed by atoms with Crippen LogP contribution in [0.4, 0.5) is 5.69 Å². The van der Waals surface area contributed by atoms with E-state index in [9.17, 15) is 13.2 Å². The van der Waals surface area contributed by atoms with Crippen LogP contribution in [-0.2, 0) is 21.1 Å². The van der Waals surface area contributed by atoms with Crippen LogP contribution in [-0.4, -0.2) is 25.8 Å². The zero-order valence-corrected chi connectivity index (χ0v) is 12.7. The van der Waals surface area contributed by atoms with Crippen LogP contribution in [0.15, 0.2) is 12.1 Å². The number of nitrogens with one attached hydrogen (secondary N) is 1. The molecule has 1 heterocycles. The van der Waals surface area contributed by atoms with E-state index in [1.807, 2.05) is 0 Å². The average molecular weight is 322 g/mol. The number of carbonyl (C=O) groups excluding carboxylic acids is 1. The quantitative estimate of drug-likeness (QED) is 0.870. The van der Waals surface area contributed by atoms with E-state index in [1.54, 1.807) is 19.1 Å². The molecular formula is C12H13Cl2NO3S. The van der Waals surface area contributed by atoms with Crippen LogP contribution >= 0.6 is 23.2 Å². The molecule has 0 aromatic heterocycles. The first kappa shape index (κ1) is 14.6. The summed E-state index contributed by atoms with van der Waals surface area (Å²) in [6.45, 7) is 1.54. The lowest BCUT2D eigenvalue weighted by Gasteiger charge is -2.18. The summed E-state index contributed by atoms with van der Waals surface area (Å²) in [5, 5.41) is 1.54. The molecule has 0 saturated heterocycles. The minimum atomic E-state index is -3.26. The molecule has 1 amide bonds. The van der Waals surface area contributed by atoms with E-state index in [2.05, 4.69) is 5.32 Å². The second kappa shape index (κ2) is 4.96. The summed E-state index contributed by atoms with van der Waals surface area (Å²) in [5.41, 5.74) is 1.99. The first-order valence-corrected chi connectivity index (χ1v) is 8.42. The average Bonchev–Trinajstić information content (AvgIpc) is 2.64. The van der Waals surface area contributed by atoms with Gasteiger partial charge in [-0.1, -0.05) is 17.7 Å². The Morgan fingerprint density at radius 3 is 2.58 bits per heavy atom. The fourth-order valence-electron chi connectivity index (χ4n) is 1.95. The number of carbonyl (C=O) groups is 1. The molecule has 1 aliphatic heterocycles. The van der Waals surface area contributed by atoms with E-state index in [-0.39, 0.29) is 12.3 Å². The van der Waals surface area contributed by atoms with Gasteiger partial charge in [-0.2, -0.15) is 0 Å². The zero-order chi connectivity index (χ0) is 14.4. The predicted molar refractivity (Wildman–Crippen MR) is 76.7 cm³/mol. The number of benzene rings is 1. The number of hydrogen-bond donors (Lipinski definition) is 1. The summed E-state index contributed by atoms with van der Waals surface area (Å²) in [7, 11) is -3.26. The molecule has 0 bridgehead atoms. The van der Waals surface area contributed by atoms with Gasteiger partial charge in [-0.3, -0.25) is 4.79 Å². The molecule has 0 aliphatic carbocycles. The minimum Gasteiger partial charge on any atom is -0.325 e. The van der Waals surface area contributed by atoms with Crippen LogP contribution in [0.1, 0.15) is 23.4 Å². The monoisotopic (exact) mass is 321 g/mol. The van der Waals surface area contributed by atoms with Crippen molar-refractivity contribution in [1.82, 2.24) is 0 Å². The number of fused-ring (bicyclic) bond motifs is 1. The zero-order valence-electron chi connectivity index (χ0n) is 10.4. The molecule has 0 fully saturated rings. The molecule has 4 nitrogen and oxygen atoms in total. The Balaban J connectivity index is 2.42. The highest BCUT2D eigenvalue weighted by Crippen LogP contribution is 2.38. The number of alkyl halides is 1. The van der Waals surface area contributed by atoms with E-state index < -0.39 is 20.5 Å². The highest BCUT2D eigenvalue weighted by molar-refractivity contribution is 7.91. The Morgan fingerprint density at radius 2 is 2.00 bits per heavy atom. The summed E-state index contributed by atoms with van der Waals surface area (Å²) in [6, 6.07) is 3.32. The maximum Gasteiger partial charge on any atom is 0.228 e. The van der Waals surface area contributed by atoms with Crippen molar-refractivity contribution >= 4 is 44.6 Å². The van der Waals surface area contributed by atoms with Gasteiger partial charge in [0, 0.05) is 17.0 Å². The van der Waals surface area contributed by atoms with Crippen molar-refractivity contribution in [2.45, 2.75) is 24.0 Å². The molecular weight excluding hydrogens is 309 g/mol. The van der Waals surface area contributed by atoms with Gasteiger partial charge in [0.25, 0.3) is 0 Å². The number of anilines is 1. The number of sulfone groups is 1. The van der Waals surface area contributed by atoms with Gasteiger partial charge >= 0.3 is 0 Å². The molecule has 1 aromatic carbocycles. The second-order valence-electron chi connectivity index (χ2n) is 4.69. The van der Waals surface area contributed by atoms with E-state index >= 15 is 0 Å². The number of amides is 1. The van der Waals surface area contributed by atoms with E-state index in [4.69, 9.17) is 23.2 Å². The molecule has 2 atom stereocenters. The van der Waals surface area contributed by atoms with Crippen molar-refractivity contribution in [3.05, 3.63) is 28.3 Å². The van der Waals surface area contributed by atoms with Gasteiger partial charge < -0.3 is 5.32 Å². The smallest absolute Gasteiger partial charge is 0.228 e. The summed E-state index contributed by atoms with van der Waals surface area (Å²) >= 11 is 12.3. The Labute approximate surface area is 122 Å². The van der Waals surface area contributed by atoms with Crippen molar-refractivity contribution in [3.63, 3.8) is 0 Å². The van der Waals surface area contributed by atoms with Gasteiger partial charge in [-0.25, -0.2) is 8.42 Å². The van der Waals surface area contributed by atoms with Gasteiger partial charge in [-0.15, -0.1) is 11.6 Å². The largest absolute Gasteiger partial charge is 0.325 e. The van der Waals surface area contributed by atoms with Gasteiger partial charge in [0.15, 0.2) is 9.84 Å². The van der Waals surface area contributed by atoms with Crippen molar-refractivity contribution in [3.8, 4) is 0 Å². The van der Waals surface area contributed by atoms with Crippen LogP contribution in [0.25, 0.3) is 0 Å². The van der Waals surface area contributed by atoms with Gasteiger partial charge in [0.05, 0.1) is 17.0 Å². The van der Waals surface area contributed by atoms with E-state index in [0.717, 1.165) is 11.8 Å². The Hall–Kier alpha value is -0.780. The third kappa shape index (κ3) is 2.88. The molecule has 104 valence electrons. The molecule has 1 aromatic rings. The lowest BCUT2D eigenvalue weighted by Crippen LogP contribution is -2.21. The third-order valence-corrected chi connectivity index (χ3v) is 5.94. The van der Waals surface area contributed by atoms with Crippen LogP contribution in [0.3, 0.4) is 0 Å². The van der Waals surface area contributed by atoms with Crippen LogP contribution in [0.2, 0.25) is 5.02 Å². The number of rotatable bonds is 3. The highest BCUT2D eigenvalue weighted by Gasteiger charge is 2.29. The number of halogens is 2. The lowest BCUT2D eigenvalue weighted by molar-refractivity contribution is -0.115. The summed E-state index contributed by atoms with van der Waals surface area (Å²) < 4.78 is 23.1. The van der Waals surface area contributed by atoms with E-state index in [0.29, 0.717) is 16.3 Å². The molecule has 1 aliphatic rings. The Kier molecular flexibility index (Phi) is 3.82. The first-order valence-electron chi connectivity index (χ1n) is 5.65. The maximum atomic E-state index is 11.5. The molecule has 1 N–H and O–H groups in total. The van der Waals surface area contributed by atoms with Gasteiger partial charge in [-0.05, 0) is 24.1 Å². The fraction of sp³-hybridized carbons (Fsp3) is 0.417. The Bertz CT molecular complexity index is 643.